The molecule has 3 atom stereocenters. The Kier molecular flexibility index (Phi) is 4.25. The summed E-state index contributed by atoms with van der Waals surface area (Å²) in [6, 6.07) is 30.2. The van der Waals surface area contributed by atoms with Gasteiger partial charge in [0.15, 0.2) is 0 Å². The summed E-state index contributed by atoms with van der Waals surface area (Å²) in [5, 5.41) is 30.8. The molecule has 6 aromatic carbocycles. The second-order valence-electron chi connectivity index (χ2n) is 11.1. The van der Waals surface area contributed by atoms with Gasteiger partial charge in [-0.05, 0) is 69.3 Å². The molecule has 0 aliphatic heterocycles. The van der Waals surface area contributed by atoms with Gasteiger partial charge >= 0.3 is 0 Å². The van der Waals surface area contributed by atoms with Gasteiger partial charge in [-0.15, -0.1) is 0 Å². The fourth-order valence-electron chi connectivity index (χ4n) is 7.34. The molecule has 1 heterocycles. The van der Waals surface area contributed by atoms with Gasteiger partial charge in [0.2, 0.25) is 0 Å². The number of fused-ring (bicyclic) bond motifs is 8. The van der Waals surface area contributed by atoms with Crippen molar-refractivity contribution in [1.82, 2.24) is 0 Å². The van der Waals surface area contributed by atoms with Crippen LogP contribution in [0.4, 0.5) is 0 Å². The summed E-state index contributed by atoms with van der Waals surface area (Å²) in [5.41, 5.74) is 4.67. The summed E-state index contributed by atoms with van der Waals surface area (Å²) in [7, 11) is 0. The van der Waals surface area contributed by atoms with E-state index in [2.05, 4.69) is 66.8 Å². The number of allylic oxidation sites excluding steroid dienone is 4. The molecule has 0 bridgehead atoms. The van der Waals surface area contributed by atoms with Crippen molar-refractivity contribution in [2.75, 3.05) is 0 Å². The van der Waals surface area contributed by atoms with Gasteiger partial charge in [-0.1, -0.05) is 91.0 Å². The molecule has 1 aromatic heterocycles. The summed E-state index contributed by atoms with van der Waals surface area (Å²) in [6.07, 6.45) is 8.77. The Morgan fingerprint density at radius 1 is 0.550 bits per heavy atom. The fraction of sp³-hybridized carbons (Fsp3) is 0.0811. The van der Waals surface area contributed by atoms with Crippen molar-refractivity contribution in [3.8, 4) is 22.6 Å². The standard InChI is InChI=1S/C37H24O3/c38-28-15-6-13-26-34(28)33(25-12-5-16-29(39)35(25)36(26)32-22-10-3-4-11-23(22)32)24-14-7-17-30-31(24)27-19-18-20-8-1-2-9-21(20)37(27)40-30/h1-19,22-23,32,38-39H/t22-,23?,32?/m0/s1. The van der Waals surface area contributed by atoms with Crippen LogP contribution in [0.25, 0.3) is 65.4 Å². The van der Waals surface area contributed by atoms with E-state index in [4.69, 9.17) is 4.42 Å². The molecule has 2 aliphatic rings. The van der Waals surface area contributed by atoms with E-state index in [9.17, 15) is 10.2 Å². The molecule has 2 N–H and O–H groups in total. The predicted octanol–water partition coefficient (Wildman–Crippen LogP) is 9.58. The number of hydrogen-bond donors (Lipinski definition) is 2. The van der Waals surface area contributed by atoms with Crippen molar-refractivity contribution in [1.29, 1.82) is 0 Å². The van der Waals surface area contributed by atoms with Crippen LogP contribution in [0, 0.1) is 11.8 Å². The van der Waals surface area contributed by atoms with E-state index in [-0.39, 0.29) is 17.4 Å². The Morgan fingerprint density at radius 2 is 1.25 bits per heavy atom. The van der Waals surface area contributed by atoms with Crippen LogP contribution < -0.4 is 0 Å². The lowest BCUT2D eigenvalue weighted by molar-refractivity contribution is 0.480. The normalized spacial score (nSPS) is 19.8. The van der Waals surface area contributed by atoms with Crippen LogP contribution in [0.5, 0.6) is 11.5 Å². The Labute approximate surface area is 229 Å². The van der Waals surface area contributed by atoms with E-state index in [0.717, 1.165) is 70.9 Å². The molecule has 2 aliphatic carbocycles. The maximum absolute atomic E-state index is 11.5. The minimum Gasteiger partial charge on any atom is -0.507 e. The fourth-order valence-corrected chi connectivity index (χ4v) is 7.34. The maximum atomic E-state index is 11.5. The third-order valence-corrected chi connectivity index (χ3v) is 9.06. The van der Waals surface area contributed by atoms with Crippen LogP contribution in [0.2, 0.25) is 0 Å². The molecule has 0 amide bonds. The summed E-state index contributed by atoms with van der Waals surface area (Å²) < 4.78 is 6.51. The highest BCUT2D eigenvalue weighted by Gasteiger charge is 2.50. The first-order chi connectivity index (χ1) is 19.7. The third-order valence-electron chi connectivity index (χ3n) is 9.06. The Balaban J connectivity index is 1.46. The highest BCUT2D eigenvalue weighted by molar-refractivity contribution is 6.26. The highest BCUT2D eigenvalue weighted by atomic mass is 16.3. The van der Waals surface area contributed by atoms with Crippen LogP contribution >= 0.6 is 0 Å². The summed E-state index contributed by atoms with van der Waals surface area (Å²) in [5.74, 6) is 1.56. The van der Waals surface area contributed by atoms with Crippen LogP contribution in [0.15, 0.2) is 120 Å². The van der Waals surface area contributed by atoms with Crippen LogP contribution in [-0.2, 0) is 0 Å². The molecule has 7 aromatic rings. The molecule has 2 unspecified atom stereocenters. The SMILES string of the molecule is Oc1cccc2c(C3C4C=CC=C[C@@H]43)c3c(O)cccc3c(-c3cccc4oc5c6ccccc6ccc5c34)c12. The molecule has 9 rings (SSSR count). The molecule has 1 fully saturated rings. The largest absolute Gasteiger partial charge is 0.507 e. The number of phenols is 2. The monoisotopic (exact) mass is 516 g/mol. The molecular formula is C37H24O3. The minimum absolute atomic E-state index is 0.240. The molecule has 40 heavy (non-hydrogen) atoms. The lowest BCUT2D eigenvalue weighted by Gasteiger charge is -2.19. The second-order valence-corrected chi connectivity index (χ2v) is 11.1. The second kappa shape index (κ2) is 7.77. The van der Waals surface area contributed by atoms with Gasteiger partial charge in [-0.25, -0.2) is 0 Å². The third kappa shape index (κ3) is 2.79. The first-order valence-corrected chi connectivity index (χ1v) is 13.8. The van der Waals surface area contributed by atoms with Crippen LogP contribution in [-0.4, -0.2) is 10.2 Å². The van der Waals surface area contributed by atoms with E-state index in [0.29, 0.717) is 11.8 Å². The van der Waals surface area contributed by atoms with Gasteiger partial charge in [0.05, 0.1) is 0 Å². The maximum Gasteiger partial charge on any atom is 0.143 e. The Bertz CT molecular complexity index is 2250. The van der Waals surface area contributed by atoms with Gasteiger partial charge in [-0.3, -0.25) is 0 Å². The van der Waals surface area contributed by atoms with Gasteiger partial charge in [-0.2, -0.15) is 0 Å². The summed E-state index contributed by atoms with van der Waals surface area (Å²) in [6.45, 7) is 0. The topological polar surface area (TPSA) is 53.6 Å². The number of rotatable bonds is 2. The van der Waals surface area contributed by atoms with Gasteiger partial charge in [0.1, 0.15) is 22.7 Å². The average Bonchev–Trinajstić information content (AvgIpc) is 3.57. The number of aromatic hydroxyl groups is 2. The minimum atomic E-state index is 0.240. The number of furan rings is 1. The predicted molar refractivity (Wildman–Crippen MR) is 163 cm³/mol. The Morgan fingerprint density at radius 3 is 2.08 bits per heavy atom. The van der Waals surface area contributed by atoms with E-state index >= 15 is 0 Å². The number of benzene rings is 6. The van der Waals surface area contributed by atoms with Crippen molar-refractivity contribution < 1.29 is 14.6 Å². The van der Waals surface area contributed by atoms with E-state index < -0.39 is 0 Å². The van der Waals surface area contributed by atoms with Gasteiger partial charge in [0, 0.05) is 32.5 Å². The zero-order chi connectivity index (χ0) is 26.5. The van der Waals surface area contributed by atoms with Crippen molar-refractivity contribution in [2.24, 2.45) is 11.8 Å². The zero-order valence-electron chi connectivity index (χ0n) is 21.5. The average molecular weight is 517 g/mol. The molecule has 0 saturated heterocycles. The van der Waals surface area contributed by atoms with E-state index in [1.54, 1.807) is 12.1 Å². The number of phenolic OH excluding ortho intramolecular Hbond substituents is 2. The van der Waals surface area contributed by atoms with Crippen LogP contribution in [0.1, 0.15) is 11.5 Å². The summed E-state index contributed by atoms with van der Waals surface area (Å²) >= 11 is 0. The molecule has 0 radical (unpaired) electrons. The first-order valence-electron chi connectivity index (χ1n) is 13.8. The van der Waals surface area contributed by atoms with Gasteiger partial charge in [0.25, 0.3) is 0 Å². The molecule has 1 saturated carbocycles. The smallest absolute Gasteiger partial charge is 0.143 e. The zero-order valence-corrected chi connectivity index (χ0v) is 21.5. The van der Waals surface area contributed by atoms with E-state index in [1.165, 1.54) is 0 Å². The van der Waals surface area contributed by atoms with Gasteiger partial charge < -0.3 is 14.6 Å². The molecular weight excluding hydrogens is 492 g/mol. The molecule has 3 nitrogen and oxygen atoms in total. The molecule has 0 spiro atoms. The Hall–Kier alpha value is -5.02. The van der Waals surface area contributed by atoms with Crippen molar-refractivity contribution in [3.63, 3.8) is 0 Å². The number of hydrogen-bond acceptors (Lipinski definition) is 3. The van der Waals surface area contributed by atoms with Crippen molar-refractivity contribution in [3.05, 3.63) is 121 Å². The lowest BCUT2D eigenvalue weighted by Crippen LogP contribution is -1.95. The first kappa shape index (κ1) is 21.9. The van der Waals surface area contributed by atoms with Crippen molar-refractivity contribution in [2.45, 2.75) is 5.92 Å². The molecule has 190 valence electrons. The quantitative estimate of drug-likeness (QED) is 0.225. The van der Waals surface area contributed by atoms with Crippen LogP contribution in [0.3, 0.4) is 0 Å². The van der Waals surface area contributed by atoms with Crippen molar-refractivity contribution >= 4 is 54.3 Å². The molecule has 3 heteroatoms. The summed E-state index contributed by atoms with van der Waals surface area (Å²) in [4.78, 5) is 0. The highest BCUT2D eigenvalue weighted by Crippen LogP contribution is 2.62. The van der Waals surface area contributed by atoms with E-state index in [1.807, 2.05) is 36.4 Å². The lowest BCUT2D eigenvalue weighted by atomic mass is 9.84.